The number of nitrogens with one attached hydrogen (secondary N) is 2. The number of benzene rings is 1. The van der Waals surface area contributed by atoms with Gasteiger partial charge in [-0.3, -0.25) is 4.79 Å². The van der Waals surface area contributed by atoms with E-state index in [1.807, 2.05) is 0 Å². The summed E-state index contributed by atoms with van der Waals surface area (Å²) in [4.78, 5) is 22.9. The highest BCUT2D eigenvalue weighted by molar-refractivity contribution is 5.96. The Labute approximate surface area is 107 Å². The zero-order valence-electron chi connectivity index (χ0n) is 10.1. The number of carbonyl (C=O) groups is 2. The number of hydrogen-bond donors (Lipinski definition) is 2. The van der Waals surface area contributed by atoms with Gasteiger partial charge >= 0.3 is 5.97 Å². The molecular formula is C12H12F2N2O3. The minimum Gasteiger partial charge on any atom is -0.465 e. The molecule has 0 bridgehead atoms. The third-order valence-electron chi connectivity index (χ3n) is 2.87. The summed E-state index contributed by atoms with van der Waals surface area (Å²) in [6, 6.07) is 1.47. The average Bonchev–Trinajstić information content (AvgIpc) is 2.29. The molecule has 19 heavy (non-hydrogen) atoms. The lowest BCUT2D eigenvalue weighted by atomic mass is 10.0. The zero-order chi connectivity index (χ0) is 14.0. The first-order valence-corrected chi connectivity index (χ1v) is 5.62. The van der Waals surface area contributed by atoms with Crippen LogP contribution in [0.4, 0.5) is 14.5 Å². The number of methoxy groups -OCH3 is 1. The Bertz CT molecular complexity index is 530. The van der Waals surface area contributed by atoms with Crippen molar-refractivity contribution in [1.82, 2.24) is 5.32 Å². The van der Waals surface area contributed by atoms with Crippen molar-refractivity contribution >= 4 is 17.6 Å². The second kappa shape index (κ2) is 5.31. The highest BCUT2D eigenvalue weighted by Crippen LogP contribution is 2.21. The summed E-state index contributed by atoms with van der Waals surface area (Å²) >= 11 is 0. The number of carbonyl (C=O) groups excluding carboxylic acids is 2. The fraction of sp³-hybridized carbons (Fsp3) is 0.333. The van der Waals surface area contributed by atoms with Gasteiger partial charge in [-0.1, -0.05) is 0 Å². The molecule has 0 unspecified atom stereocenters. The molecule has 0 radical (unpaired) electrons. The maximum atomic E-state index is 13.5. The first kappa shape index (κ1) is 13.4. The van der Waals surface area contributed by atoms with Crippen LogP contribution < -0.4 is 10.6 Å². The summed E-state index contributed by atoms with van der Waals surface area (Å²) in [5, 5.41) is 5.23. The average molecular weight is 270 g/mol. The minimum absolute atomic E-state index is 0.237. The molecule has 1 saturated heterocycles. The van der Waals surface area contributed by atoms with Gasteiger partial charge in [0.2, 0.25) is 5.91 Å². The topological polar surface area (TPSA) is 67.4 Å². The van der Waals surface area contributed by atoms with Crippen LogP contribution in [0.5, 0.6) is 0 Å². The normalized spacial score (nSPS) is 14.7. The van der Waals surface area contributed by atoms with Crippen LogP contribution in [0.25, 0.3) is 0 Å². The number of rotatable bonds is 3. The molecule has 1 amide bonds. The van der Waals surface area contributed by atoms with Crippen LogP contribution >= 0.6 is 0 Å². The second-order valence-electron chi connectivity index (χ2n) is 4.15. The Morgan fingerprint density at radius 3 is 2.53 bits per heavy atom. The Balaban J connectivity index is 2.24. The molecule has 2 rings (SSSR count). The van der Waals surface area contributed by atoms with Gasteiger partial charge < -0.3 is 15.4 Å². The predicted molar refractivity (Wildman–Crippen MR) is 62.7 cm³/mol. The lowest BCUT2D eigenvalue weighted by Gasteiger charge is -2.25. The van der Waals surface area contributed by atoms with E-state index in [9.17, 15) is 18.4 Å². The van der Waals surface area contributed by atoms with E-state index in [0.717, 1.165) is 13.2 Å². The molecule has 1 aliphatic heterocycles. The maximum absolute atomic E-state index is 13.5. The van der Waals surface area contributed by atoms with E-state index in [4.69, 9.17) is 0 Å². The fourth-order valence-electron chi connectivity index (χ4n) is 1.62. The summed E-state index contributed by atoms with van der Waals surface area (Å²) in [5.74, 6) is -3.53. The largest absolute Gasteiger partial charge is 0.465 e. The number of amides is 1. The van der Waals surface area contributed by atoms with E-state index in [-0.39, 0.29) is 17.5 Å². The molecular weight excluding hydrogens is 258 g/mol. The molecule has 1 aromatic carbocycles. The van der Waals surface area contributed by atoms with Crippen LogP contribution in [-0.2, 0) is 9.53 Å². The molecule has 0 atom stereocenters. The Kier molecular flexibility index (Phi) is 3.75. The van der Waals surface area contributed by atoms with Gasteiger partial charge in [0.25, 0.3) is 0 Å². The van der Waals surface area contributed by atoms with Gasteiger partial charge in [-0.05, 0) is 6.07 Å². The first-order chi connectivity index (χ1) is 9.02. The molecule has 7 heteroatoms. The van der Waals surface area contributed by atoms with Crippen molar-refractivity contribution in [3.8, 4) is 0 Å². The third kappa shape index (κ3) is 2.70. The summed E-state index contributed by atoms with van der Waals surface area (Å²) < 4.78 is 31.3. The van der Waals surface area contributed by atoms with Crippen LogP contribution in [-0.4, -0.2) is 32.1 Å². The van der Waals surface area contributed by atoms with Crippen LogP contribution in [0.2, 0.25) is 0 Å². The highest BCUT2D eigenvalue weighted by Gasteiger charge is 2.26. The molecule has 1 heterocycles. The maximum Gasteiger partial charge on any atom is 0.340 e. The summed E-state index contributed by atoms with van der Waals surface area (Å²) in [7, 11) is 1.09. The predicted octanol–water partition coefficient (Wildman–Crippen LogP) is 0.909. The lowest BCUT2D eigenvalue weighted by molar-refractivity contribution is -0.121. The van der Waals surface area contributed by atoms with Crippen LogP contribution in [0.1, 0.15) is 10.4 Å². The van der Waals surface area contributed by atoms with E-state index in [0.29, 0.717) is 19.2 Å². The molecule has 0 aliphatic carbocycles. The molecule has 0 spiro atoms. The molecule has 5 nitrogen and oxygen atoms in total. The van der Waals surface area contributed by atoms with Crippen molar-refractivity contribution in [1.29, 1.82) is 0 Å². The third-order valence-corrected chi connectivity index (χ3v) is 2.87. The first-order valence-electron chi connectivity index (χ1n) is 5.62. The molecule has 1 aromatic rings. The lowest BCUT2D eigenvalue weighted by Crippen LogP contribution is -2.48. The zero-order valence-corrected chi connectivity index (χ0v) is 10.1. The summed E-state index contributed by atoms with van der Waals surface area (Å²) in [6.45, 7) is 1.02. The van der Waals surface area contributed by atoms with Crippen molar-refractivity contribution < 1.29 is 23.1 Å². The summed E-state index contributed by atoms with van der Waals surface area (Å²) in [6.07, 6.45) is 0. The number of ether oxygens (including phenoxy) is 1. The molecule has 102 valence electrons. The van der Waals surface area contributed by atoms with Crippen LogP contribution in [0.15, 0.2) is 12.1 Å². The van der Waals surface area contributed by atoms with Gasteiger partial charge in [0.15, 0.2) is 0 Å². The highest BCUT2D eigenvalue weighted by atomic mass is 19.1. The van der Waals surface area contributed by atoms with E-state index in [2.05, 4.69) is 15.4 Å². The van der Waals surface area contributed by atoms with Gasteiger partial charge in [-0.2, -0.15) is 0 Å². The van der Waals surface area contributed by atoms with Crippen LogP contribution in [0.3, 0.4) is 0 Å². The van der Waals surface area contributed by atoms with Crippen molar-refractivity contribution in [3.63, 3.8) is 0 Å². The molecule has 1 fully saturated rings. The standard InChI is InChI=1S/C12H12F2N2O3/c1-19-12(18)7-2-10(9(14)3-8(7)13)16-11(17)6-4-15-5-6/h2-3,6,15H,4-5H2,1H3,(H,16,17). The molecule has 0 saturated carbocycles. The Hall–Kier alpha value is -2.02. The van der Waals surface area contributed by atoms with Crippen LogP contribution in [0, 0.1) is 17.6 Å². The van der Waals surface area contributed by atoms with E-state index in [1.165, 1.54) is 0 Å². The number of halogens is 2. The van der Waals surface area contributed by atoms with Gasteiger partial charge in [0, 0.05) is 19.2 Å². The van der Waals surface area contributed by atoms with Crippen molar-refractivity contribution in [2.24, 2.45) is 5.92 Å². The SMILES string of the molecule is COC(=O)c1cc(NC(=O)C2CNC2)c(F)cc1F. The van der Waals surface area contributed by atoms with Crippen molar-refractivity contribution in [3.05, 3.63) is 29.3 Å². The summed E-state index contributed by atoms with van der Waals surface area (Å²) in [5.41, 5.74) is -0.662. The van der Waals surface area contributed by atoms with E-state index < -0.39 is 23.2 Å². The van der Waals surface area contributed by atoms with Gasteiger partial charge in [-0.25, -0.2) is 13.6 Å². The smallest absolute Gasteiger partial charge is 0.340 e. The molecule has 0 aromatic heterocycles. The van der Waals surface area contributed by atoms with E-state index >= 15 is 0 Å². The van der Waals surface area contributed by atoms with Gasteiger partial charge in [0.1, 0.15) is 11.6 Å². The van der Waals surface area contributed by atoms with E-state index in [1.54, 1.807) is 0 Å². The molecule has 2 N–H and O–H groups in total. The number of anilines is 1. The monoisotopic (exact) mass is 270 g/mol. The fourth-order valence-corrected chi connectivity index (χ4v) is 1.62. The van der Waals surface area contributed by atoms with Crippen molar-refractivity contribution in [2.75, 3.05) is 25.5 Å². The number of hydrogen-bond acceptors (Lipinski definition) is 4. The Morgan fingerprint density at radius 2 is 2.00 bits per heavy atom. The molecule has 1 aliphatic rings. The van der Waals surface area contributed by atoms with Gasteiger partial charge in [0.05, 0.1) is 24.3 Å². The van der Waals surface area contributed by atoms with Gasteiger partial charge in [-0.15, -0.1) is 0 Å². The quantitative estimate of drug-likeness (QED) is 0.801. The Morgan fingerprint density at radius 1 is 1.32 bits per heavy atom. The minimum atomic E-state index is -1.03. The second-order valence-corrected chi connectivity index (χ2v) is 4.15. The number of esters is 1. The van der Waals surface area contributed by atoms with Crippen molar-refractivity contribution in [2.45, 2.75) is 0 Å².